The first-order chi connectivity index (χ1) is 11.7. The molecular weight excluding hydrogens is 315 g/mol. The van der Waals surface area contributed by atoms with E-state index in [4.69, 9.17) is 4.52 Å². The molecule has 1 atom stereocenters. The van der Waals surface area contributed by atoms with E-state index in [-0.39, 0.29) is 0 Å². The Kier molecular flexibility index (Phi) is 7.62. The van der Waals surface area contributed by atoms with Gasteiger partial charge in [-0.2, -0.15) is 0 Å². The van der Waals surface area contributed by atoms with Crippen molar-refractivity contribution < 1.29 is 9.32 Å². The molecule has 0 aliphatic rings. The van der Waals surface area contributed by atoms with Crippen molar-refractivity contribution in [2.45, 2.75) is 46.5 Å². The van der Waals surface area contributed by atoms with Crippen LogP contribution in [-0.2, 0) is 4.52 Å². The van der Waals surface area contributed by atoms with E-state index in [0.717, 1.165) is 36.0 Å². The van der Waals surface area contributed by atoms with E-state index in [0.29, 0.717) is 0 Å². The summed E-state index contributed by atoms with van der Waals surface area (Å²) in [4.78, 5) is 11.2. The summed E-state index contributed by atoms with van der Waals surface area (Å²) in [7, 11) is -0.837. The lowest BCUT2D eigenvalue weighted by atomic mass is 10.0. The van der Waals surface area contributed by atoms with Crippen LogP contribution in [0.2, 0.25) is 0 Å². The van der Waals surface area contributed by atoms with Gasteiger partial charge in [0.05, 0.1) is 14.8 Å². The summed E-state index contributed by atoms with van der Waals surface area (Å²) in [6, 6.07) is 14.6. The summed E-state index contributed by atoms with van der Waals surface area (Å²) in [6.45, 7) is 7.01. The molecule has 2 aromatic rings. The highest BCUT2D eigenvalue weighted by Crippen LogP contribution is 2.36. The van der Waals surface area contributed by atoms with Crippen molar-refractivity contribution >= 4 is 25.0 Å². The summed E-state index contributed by atoms with van der Waals surface area (Å²) in [5, 5.41) is 2.41. The summed E-state index contributed by atoms with van der Waals surface area (Å²) in [6.07, 6.45) is 5.77. The molecule has 0 amide bonds. The second-order valence-corrected chi connectivity index (χ2v) is 8.01. The van der Waals surface area contributed by atoms with Gasteiger partial charge in [0.25, 0.3) is 0 Å². The van der Waals surface area contributed by atoms with Crippen molar-refractivity contribution in [3.63, 3.8) is 0 Å². The molecule has 0 aromatic heterocycles. The molecule has 0 fully saturated rings. The maximum absolute atomic E-state index is 11.2. The largest absolute Gasteiger partial charge is 0.350 e. The van der Waals surface area contributed by atoms with Gasteiger partial charge in [0.15, 0.2) is 6.29 Å². The molecule has 2 aromatic carbocycles. The summed E-state index contributed by atoms with van der Waals surface area (Å²) < 4.78 is 6.32. The van der Waals surface area contributed by atoms with Crippen molar-refractivity contribution in [1.29, 1.82) is 0 Å². The molecule has 0 saturated carbocycles. The van der Waals surface area contributed by atoms with Crippen molar-refractivity contribution in [2.24, 2.45) is 0 Å². The summed E-state index contributed by atoms with van der Waals surface area (Å²) in [5.41, 5.74) is 2.85. The van der Waals surface area contributed by atoms with Gasteiger partial charge in [0.2, 0.25) is 0 Å². The highest BCUT2D eigenvalue weighted by Gasteiger charge is 2.17. The first kappa shape index (κ1) is 18.8. The third-order valence-electron chi connectivity index (χ3n) is 4.14. The number of carbonyl (C=O) groups is 1. The fraction of sp³-hybridized carbons (Fsp3) is 0.381. The highest BCUT2D eigenvalue weighted by atomic mass is 31.1. The minimum Gasteiger partial charge on any atom is -0.350 e. The van der Waals surface area contributed by atoms with Gasteiger partial charge in [0, 0.05) is 16.2 Å². The summed E-state index contributed by atoms with van der Waals surface area (Å²) >= 11 is 0. The van der Waals surface area contributed by atoms with Crippen LogP contribution in [0.5, 0.6) is 0 Å². The molecule has 0 radical (unpaired) electrons. The third-order valence-corrected chi connectivity index (χ3v) is 6.07. The highest BCUT2D eigenvalue weighted by molar-refractivity contribution is 7.68. The SMILES string of the molecule is CCCCCCOP(c1ccccc1)c1cc(C)c(C=O)c(C)c1. The lowest BCUT2D eigenvalue weighted by Crippen LogP contribution is -2.16. The Labute approximate surface area is 147 Å². The second-order valence-electron chi connectivity index (χ2n) is 6.13. The number of rotatable bonds is 9. The maximum Gasteiger partial charge on any atom is 0.150 e. The molecular formula is C21H27O2P. The Morgan fingerprint density at radius 1 is 0.958 bits per heavy atom. The first-order valence-corrected chi connectivity index (χ1v) is 9.97. The molecule has 128 valence electrons. The number of hydrogen-bond donors (Lipinski definition) is 0. The van der Waals surface area contributed by atoms with E-state index in [2.05, 4.69) is 43.3 Å². The van der Waals surface area contributed by atoms with E-state index in [9.17, 15) is 4.79 Å². The average Bonchev–Trinajstić information content (AvgIpc) is 2.58. The van der Waals surface area contributed by atoms with E-state index in [1.807, 2.05) is 19.9 Å². The topological polar surface area (TPSA) is 26.3 Å². The van der Waals surface area contributed by atoms with Crippen LogP contribution in [0.3, 0.4) is 0 Å². The second kappa shape index (κ2) is 9.71. The molecule has 0 aliphatic carbocycles. The molecule has 0 aliphatic heterocycles. The summed E-state index contributed by atoms with van der Waals surface area (Å²) in [5.74, 6) is 0. The number of unbranched alkanes of at least 4 members (excludes halogenated alkanes) is 3. The molecule has 2 rings (SSSR count). The maximum atomic E-state index is 11.2. The zero-order valence-corrected chi connectivity index (χ0v) is 15.8. The van der Waals surface area contributed by atoms with Crippen molar-refractivity contribution in [1.82, 2.24) is 0 Å². The van der Waals surface area contributed by atoms with Gasteiger partial charge in [-0.1, -0.05) is 56.5 Å². The van der Waals surface area contributed by atoms with Gasteiger partial charge in [-0.15, -0.1) is 0 Å². The van der Waals surface area contributed by atoms with E-state index in [1.54, 1.807) is 0 Å². The molecule has 0 spiro atoms. The Morgan fingerprint density at radius 2 is 1.62 bits per heavy atom. The van der Waals surface area contributed by atoms with Crippen LogP contribution >= 0.6 is 8.15 Å². The van der Waals surface area contributed by atoms with Crippen LogP contribution in [-0.4, -0.2) is 12.9 Å². The normalized spacial score (nSPS) is 12.1. The monoisotopic (exact) mass is 342 g/mol. The smallest absolute Gasteiger partial charge is 0.150 e. The lowest BCUT2D eigenvalue weighted by Gasteiger charge is -2.20. The van der Waals surface area contributed by atoms with Crippen molar-refractivity contribution in [3.8, 4) is 0 Å². The zero-order chi connectivity index (χ0) is 17.4. The fourth-order valence-electron chi connectivity index (χ4n) is 2.80. The molecule has 1 unspecified atom stereocenters. The van der Waals surface area contributed by atoms with Crippen LogP contribution in [0.15, 0.2) is 42.5 Å². The number of hydrogen-bond acceptors (Lipinski definition) is 2. The molecule has 0 bridgehead atoms. The van der Waals surface area contributed by atoms with E-state index in [1.165, 1.54) is 29.9 Å². The Hall–Kier alpha value is -1.50. The Bertz CT molecular complexity index is 629. The minimum atomic E-state index is -0.837. The molecule has 0 N–H and O–H groups in total. The van der Waals surface area contributed by atoms with Gasteiger partial charge in [0.1, 0.15) is 0 Å². The molecule has 2 nitrogen and oxygen atoms in total. The minimum absolute atomic E-state index is 0.786. The zero-order valence-electron chi connectivity index (χ0n) is 14.9. The number of aldehydes is 1. The predicted molar refractivity (Wildman–Crippen MR) is 104 cm³/mol. The van der Waals surface area contributed by atoms with Gasteiger partial charge < -0.3 is 4.52 Å². The van der Waals surface area contributed by atoms with Crippen LogP contribution in [0.1, 0.15) is 54.1 Å². The predicted octanol–water partition coefficient (Wildman–Crippen LogP) is 5.06. The van der Waals surface area contributed by atoms with Crippen LogP contribution < -0.4 is 10.6 Å². The van der Waals surface area contributed by atoms with E-state index >= 15 is 0 Å². The fourth-order valence-corrected chi connectivity index (χ4v) is 4.77. The van der Waals surface area contributed by atoms with Crippen LogP contribution in [0, 0.1) is 13.8 Å². The van der Waals surface area contributed by atoms with Crippen LogP contribution in [0.25, 0.3) is 0 Å². The quantitative estimate of drug-likeness (QED) is 0.362. The average molecular weight is 342 g/mol. The number of aryl methyl sites for hydroxylation is 2. The van der Waals surface area contributed by atoms with Gasteiger partial charge in [-0.05, 0) is 43.5 Å². The van der Waals surface area contributed by atoms with Crippen LogP contribution in [0.4, 0.5) is 0 Å². The number of benzene rings is 2. The van der Waals surface area contributed by atoms with Crippen molar-refractivity contribution in [3.05, 3.63) is 59.2 Å². The molecule has 0 saturated heterocycles. The molecule has 24 heavy (non-hydrogen) atoms. The first-order valence-electron chi connectivity index (χ1n) is 8.72. The lowest BCUT2D eigenvalue weighted by molar-refractivity contribution is 0.112. The third kappa shape index (κ3) is 5.00. The Morgan fingerprint density at radius 3 is 2.21 bits per heavy atom. The van der Waals surface area contributed by atoms with Gasteiger partial charge in [-0.25, -0.2) is 0 Å². The van der Waals surface area contributed by atoms with Gasteiger partial charge >= 0.3 is 0 Å². The van der Waals surface area contributed by atoms with Gasteiger partial charge in [-0.3, -0.25) is 4.79 Å². The van der Waals surface area contributed by atoms with E-state index < -0.39 is 8.15 Å². The Balaban J connectivity index is 2.24. The standard InChI is InChI=1S/C21H27O2P/c1-4-5-6-10-13-23-24(19-11-8-7-9-12-19)20-14-17(2)21(16-22)18(3)15-20/h7-9,11-12,14-16H,4-6,10,13H2,1-3H3. The molecule has 3 heteroatoms. The molecule has 0 heterocycles. The van der Waals surface area contributed by atoms with Crippen molar-refractivity contribution in [2.75, 3.05) is 6.61 Å². The number of carbonyl (C=O) groups excluding carboxylic acids is 1.